The molecule has 0 aliphatic carbocycles. The summed E-state index contributed by atoms with van der Waals surface area (Å²) in [6.07, 6.45) is 0. The van der Waals surface area contributed by atoms with Gasteiger partial charge in [0.25, 0.3) is 0 Å². The monoisotopic (exact) mass is 225 g/mol. The second kappa shape index (κ2) is 5.54. The van der Waals surface area contributed by atoms with E-state index in [0.717, 1.165) is 11.3 Å². The summed E-state index contributed by atoms with van der Waals surface area (Å²) in [4.78, 5) is 12.7. The molecule has 7 heteroatoms. The summed E-state index contributed by atoms with van der Waals surface area (Å²) in [7, 11) is 1.58. The van der Waals surface area contributed by atoms with Gasteiger partial charge in [-0.25, -0.2) is 10.1 Å². The molecule has 0 amide bonds. The van der Waals surface area contributed by atoms with E-state index in [1.165, 1.54) is 0 Å². The molecule has 7 nitrogen and oxygen atoms in total. The highest BCUT2D eigenvalue weighted by molar-refractivity contribution is 5.70. The van der Waals surface area contributed by atoms with Crippen LogP contribution in [-0.2, 0) is 6.54 Å². The van der Waals surface area contributed by atoms with Gasteiger partial charge in [0.05, 0.1) is 13.7 Å². The fourth-order valence-electron chi connectivity index (χ4n) is 1.08. The van der Waals surface area contributed by atoms with Crippen molar-refractivity contribution in [2.75, 3.05) is 7.11 Å². The van der Waals surface area contributed by atoms with Gasteiger partial charge in [-0.05, 0) is 17.7 Å². The SMILES string of the molecule is COc1ccc(C[NH+]=C(N)N[N+](=O)[O-])cc1. The zero-order valence-corrected chi connectivity index (χ0v) is 8.77. The molecular formula is C9H13N4O3+. The third kappa shape index (κ3) is 3.82. The lowest BCUT2D eigenvalue weighted by Crippen LogP contribution is -2.77. The summed E-state index contributed by atoms with van der Waals surface area (Å²) in [5, 5.41) is 9.32. The van der Waals surface area contributed by atoms with Crippen LogP contribution in [0.1, 0.15) is 5.56 Å². The van der Waals surface area contributed by atoms with E-state index in [1.807, 2.05) is 17.6 Å². The van der Waals surface area contributed by atoms with E-state index in [2.05, 4.69) is 4.99 Å². The molecule has 0 bridgehead atoms. The normalized spacial score (nSPS) is 10.9. The zero-order chi connectivity index (χ0) is 12.0. The number of hydrazine groups is 1. The van der Waals surface area contributed by atoms with Gasteiger partial charge in [-0.1, -0.05) is 12.1 Å². The second-order valence-corrected chi connectivity index (χ2v) is 2.98. The Morgan fingerprint density at radius 3 is 2.69 bits per heavy atom. The van der Waals surface area contributed by atoms with Crippen LogP contribution in [0, 0.1) is 10.1 Å². The van der Waals surface area contributed by atoms with E-state index in [1.54, 1.807) is 19.2 Å². The molecule has 0 fully saturated rings. The first-order valence-electron chi connectivity index (χ1n) is 4.52. The average molecular weight is 225 g/mol. The Bertz CT molecular complexity index is 388. The largest absolute Gasteiger partial charge is 0.497 e. The lowest BCUT2D eigenvalue weighted by molar-refractivity contribution is -0.550. The molecule has 16 heavy (non-hydrogen) atoms. The van der Waals surface area contributed by atoms with Crippen molar-refractivity contribution in [3.63, 3.8) is 0 Å². The molecule has 86 valence electrons. The van der Waals surface area contributed by atoms with Crippen LogP contribution < -0.4 is 20.9 Å². The van der Waals surface area contributed by atoms with Crippen molar-refractivity contribution < 1.29 is 14.8 Å². The third-order valence-corrected chi connectivity index (χ3v) is 1.85. The number of nitro groups is 1. The lowest BCUT2D eigenvalue weighted by atomic mass is 10.2. The van der Waals surface area contributed by atoms with Crippen LogP contribution in [0.3, 0.4) is 0 Å². The van der Waals surface area contributed by atoms with Crippen LogP contribution in [0.25, 0.3) is 0 Å². The predicted octanol–water partition coefficient (Wildman–Crippen LogP) is -1.63. The van der Waals surface area contributed by atoms with Gasteiger partial charge in [-0.3, -0.25) is 10.7 Å². The third-order valence-electron chi connectivity index (χ3n) is 1.85. The minimum atomic E-state index is -0.726. The van der Waals surface area contributed by atoms with Crippen molar-refractivity contribution in [3.05, 3.63) is 39.9 Å². The summed E-state index contributed by atoms with van der Waals surface area (Å²) >= 11 is 0. The number of guanidine groups is 1. The van der Waals surface area contributed by atoms with E-state index in [-0.39, 0.29) is 5.96 Å². The van der Waals surface area contributed by atoms with Crippen LogP contribution in [0.4, 0.5) is 0 Å². The van der Waals surface area contributed by atoms with Crippen molar-refractivity contribution in [1.82, 2.24) is 5.43 Å². The molecular weight excluding hydrogens is 212 g/mol. The van der Waals surface area contributed by atoms with Gasteiger partial charge in [0.1, 0.15) is 5.75 Å². The maximum absolute atomic E-state index is 10.0. The fraction of sp³-hybridized carbons (Fsp3) is 0.222. The molecule has 0 saturated heterocycles. The van der Waals surface area contributed by atoms with Gasteiger partial charge in [0, 0.05) is 5.43 Å². The Morgan fingerprint density at radius 1 is 1.56 bits per heavy atom. The van der Waals surface area contributed by atoms with Gasteiger partial charge in [-0.2, -0.15) is 0 Å². The van der Waals surface area contributed by atoms with E-state index in [9.17, 15) is 10.1 Å². The molecule has 1 rings (SSSR count). The Balaban J connectivity index is 2.56. The van der Waals surface area contributed by atoms with Crippen molar-refractivity contribution in [2.45, 2.75) is 6.54 Å². The Labute approximate surface area is 92.0 Å². The first-order chi connectivity index (χ1) is 7.61. The quantitative estimate of drug-likeness (QED) is 0.247. The summed E-state index contributed by atoms with van der Waals surface area (Å²) < 4.78 is 5.00. The zero-order valence-electron chi connectivity index (χ0n) is 8.77. The first-order valence-corrected chi connectivity index (χ1v) is 4.52. The van der Waals surface area contributed by atoms with E-state index in [0.29, 0.717) is 6.54 Å². The van der Waals surface area contributed by atoms with Crippen LogP contribution in [0.2, 0.25) is 0 Å². The first kappa shape index (κ1) is 11.8. The van der Waals surface area contributed by atoms with Crippen LogP contribution >= 0.6 is 0 Å². The number of hydrogen-bond acceptors (Lipinski definition) is 3. The number of nitrogens with one attached hydrogen (secondary N) is 2. The molecule has 0 aliphatic heterocycles. The van der Waals surface area contributed by atoms with Gasteiger partial charge in [0.15, 0.2) is 0 Å². The Morgan fingerprint density at radius 2 is 2.19 bits per heavy atom. The molecule has 0 spiro atoms. The summed E-state index contributed by atoms with van der Waals surface area (Å²) in [6, 6.07) is 7.28. The highest BCUT2D eigenvalue weighted by Gasteiger charge is 2.05. The van der Waals surface area contributed by atoms with Crippen molar-refractivity contribution in [1.29, 1.82) is 0 Å². The van der Waals surface area contributed by atoms with Crippen LogP contribution in [-0.4, -0.2) is 18.1 Å². The highest BCUT2D eigenvalue weighted by atomic mass is 16.7. The van der Waals surface area contributed by atoms with Crippen LogP contribution in [0.5, 0.6) is 5.75 Å². The molecule has 0 aliphatic rings. The van der Waals surface area contributed by atoms with E-state index < -0.39 is 5.03 Å². The van der Waals surface area contributed by atoms with Crippen molar-refractivity contribution >= 4 is 5.96 Å². The average Bonchev–Trinajstić information content (AvgIpc) is 2.26. The Kier molecular flexibility index (Phi) is 4.07. The van der Waals surface area contributed by atoms with Crippen molar-refractivity contribution in [3.8, 4) is 5.75 Å². The number of hydrogen-bond donors (Lipinski definition) is 3. The number of methoxy groups -OCH3 is 1. The molecule has 0 aromatic heterocycles. The highest BCUT2D eigenvalue weighted by Crippen LogP contribution is 2.09. The molecule has 0 atom stereocenters. The number of benzene rings is 1. The van der Waals surface area contributed by atoms with Gasteiger partial charge in [0.2, 0.25) is 5.03 Å². The second-order valence-electron chi connectivity index (χ2n) is 2.98. The minimum absolute atomic E-state index is 0.0965. The van der Waals surface area contributed by atoms with Crippen LogP contribution in [0.15, 0.2) is 24.3 Å². The standard InChI is InChI=1S/C9H12N4O3/c1-16-8-4-2-7(3-5-8)6-11-9(10)12-13(14)15/h2-5H,6H2,1H3,(H3,10,11,12)/p+1. The lowest BCUT2D eigenvalue weighted by Gasteiger charge is -2.00. The van der Waals surface area contributed by atoms with E-state index in [4.69, 9.17) is 10.5 Å². The van der Waals surface area contributed by atoms with E-state index >= 15 is 0 Å². The molecule has 0 unspecified atom stereocenters. The number of nitrogens with zero attached hydrogens (tertiary/aromatic N) is 1. The number of ether oxygens (including phenoxy) is 1. The molecule has 1 aromatic carbocycles. The summed E-state index contributed by atoms with van der Waals surface area (Å²) in [6.45, 7) is 0.399. The molecule has 4 N–H and O–H groups in total. The summed E-state index contributed by atoms with van der Waals surface area (Å²) in [5.74, 6) is 0.657. The van der Waals surface area contributed by atoms with Gasteiger partial charge in [-0.15, -0.1) is 0 Å². The Hall–Kier alpha value is -2.31. The fourth-order valence-corrected chi connectivity index (χ4v) is 1.08. The predicted molar refractivity (Wildman–Crippen MR) is 57.0 cm³/mol. The maximum Gasteiger partial charge on any atom is 0.403 e. The smallest absolute Gasteiger partial charge is 0.403 e. The topological polar surface area (TPSA) is 104 Å². The summed E-state index contributed by atoms with van der Waals surface area (Å²) in [5.41, 5.74) is 8.06. The maximum atomic E-state index is 10.0. The molecule has 1 aromatic rings. The van der Waals surface area contributed by atoms with Gasteiger partial charge < -0.3 is 4.74 Å². The molecule has 0 heterocycles. The number of nitrogens with two attached hydrogens (primary N) is 1. The molecule has 0 radical (unpaired) electrons. The van der Waals surface area contributed by atoms with Crippen molar-refractivity contribution in [2.24, 2.45) is 5.73 Å². The minimum Gasteiger partial charge on any atom is -0.497 e. The molecule has 0 saturated carbocycles. The van der Waals surface area contributed by atoms with Gasteiger partial charge >= 0.3 is 5.96 Å². The number of rotatable bonds is 4.